The molecule has 92 valence electrons. The summed E-state index contributed by atoms with van der Waals surface area (Å²) >= 11 is 0. The topological polar surface area (TPSA) is 17.1 Å². The molecular weight excluding hydrogens is 321 g/mol. The van der Waals surface area contributed by atoms with Crippen LogP contribution in [0.1, 0.15) is 11.1 Å². The van der Waals surface area contributed by atoms with Gasteiger partial charge in [0.1, 0.15) is 0 Å². The Morgan fingerprint density at radius 3 is 1.42 bits per heavy atom. The number of ketones is 1. The van der Waals surface area contributed by atoms with Crippen LogP contribution in [0.3, 0.4) is 0 Å². The second-order valence-electron chi connectivity index (χ2n) is 3.56. The summed E-state index contributed by atoms with van der Waals surface area (Å²) in [4.78, 5) is 11.4. The average Bonchev–Trinajstić information content (AvgIpc) is 2.45. The second-order valence-corrected chi connectivity index (χ2v) is 3.56. The first-order valence-electron chi connectivity index (χ1n) is 5.53. The zero-order valence-corrected chi connectivity index (χ0v) is 11.8. The van der Waals surface area contributed by atoms with E-state index in [4.69, 9.17) is 0 Å². The second kappa shape index (κ2) is 8.04. The molecule has 0 aliphatic carbocycles. The van der Waals surface area contributed by atoms with Gasteiger partial charge in [-0.3, -0.25) is 4.79 Å². The Labute approximate surface area is 125 Å². The zero-order chi connectivity index (χ0) is 12.6. The van der Waals surface area contributed by atoms with E-state index in [1.807, 2.05) is 60.7 Å². The van der Waals surface area contributed by atoms with Gasteiger partial charge in [-0.25, -0.2) is 0 Å². The fourth-order valence-electron chi connectivity index (χ4n) is 1.33. The van der Waals surface area contributed by atoms with Gasteiger partial charge in [0.05, 0.1) is 0 Å². The van der Waals surface area contributed by atoms with Crippen molar-refractivity contribution in [3.05, 3.63) is 71.8 Å². The molecule has 2 rings (SSSR count). The molecule has 2 aromatic carbocycles. The van der Waals surface area contributed by atoms with Gasteiger partial charge in [-0.2, -0.15) is 0 Å². The molecule has 0 aliphatic heterocycles. The number of Topliss-reactive ketones (excluding diaryl/α,β-unsaturated/α-hetero) is 1. The van der Waals surface area contributed by atoms with E-state index in [9.17, 15) is 4.79 Å². The molecule has 0 amide bonds. The van der Waals surface area contributed by atoms with Gasteiger partial charge in [0.25, 0.3) is 5.78 Å². The van der Waals surface area contributed by atoms with Crippen molar-refractivity contribution in [2.75, 3.05) is 0 Å². The SMILES string of the molecule is O=C(C#Cc1ccccc1)C#Cc1ccccc1.[Ru]. The van der Waals surface area contributed by atoms with Crippen molar-refractivity contribution in [3.63, 3.8) is 0 Å². The quantitative estimate of drug-likeness (QED) is 0.536. The molecule has 0 unspecified atom stereocenters. The maximum absolute atomic E-state index is 11.4. The van der Waals surface area contributed by atoms with Crippen LogP contribution in [0.4, 0.5) is 0 Å². The summed E-state index contributed by atoms with van der Waals surface area (Å²) in [6.45, 7) is 0. The summed E-state index contributed by atoms with van der Waals surface area (Å²) in [5.74, 6) is 10.2. The average molecular weight is 331 g/mol. The standard InChI is InChI=1S/C17H10O.Ru/c18-17(13-11-15-7-3-1-4-8-15)14-12-16-9-5-2-6-10-16;/h1-10H;. The summed E-state index contributed by atoms with van der Waals surface area (Å²) in [6, 6.07) is 18.7. The molecule has 0 atom stereocenters. The number of rotatable bonds is 0. The maximum Gasteiger partial charge on any atom is 0.279 e. The van der Waals surface area contributed by atoms with Gasteiger partial charge in [0.15, 0.2) is 0 Å². The predicted octanol–water partition coefficient (Wildman–Crippen LogP) is 2.66. The number of carbonyl (C=O) groups is 1. The van der Waals surface area contributed by atoms with E-state index in [-0.39, 0.29) is 25.3 Å². The predicted molar refractivity (Wildman–Crippen MR) is 71.6 cm³/mol. The summed E-state index contributed by atoms with van der Waals surface area (Å²) in [6.07, 6.45) is 0. The summed E-state index contributed by atoms with van der Waals surface area (Å²) < 4.78 is 0. The molecule has 19 heavy (non-hydrogen) atoms. The first kappa shape index (κ1) is 14.9. The number of hydrogen-bond donors (Lipinski definition) is 0. The largest absolute Gasteiger partial charge is 0.279 e. The van der Waals surface area contributed by atoms with E-state index < -0.39 is 0 Å². The molecule has 0 fully saturated rings. The van der Waals surface area contributed by atoms with Crippen LogP contribution in [0.2, 0.25) is 0 Å². The monoisotopic (exact) mass is 332 g/mol. The van der Waals surface area contributed by atoms with E-state index in [0.29, 0.717) is 0 Å². The van der Waals surface area contributed by atoms with Gasteiger partial charge in [-0.1, -0.05) is 48.2 Å². The van der Waals surface area contributed by atoms with Crippen LogP contribution < -0.4 is 0 Å². The van der Waals surface area contributed by atoms with Crippen molar-refractivity contribution < 1.29 is 24.3 Å². The van der Waals surface area contributed by atoms with Crippen LogP contribution in [-0.4, -0.2) is 5.78 Å². The molecule has 1 nitrogen and oxygen atoms in total. The minimum absolute atomic E-state index is 0. The molecule has 2 aromatic rings. The molecule has 0 bridgehead atoms. The number of hydrogen-bond acceptors (Lipinski definition) is 1. The van der Waals surface area contributed by atoms with E-state index in [2.05, 4.69) is 23.7 Å². The Kier molecular flexibility index (Phi) is 6.31. The fourth-order valence-corrected chi connectivity index (χ4v) is 1.33. The molecule has 0 aliphatic rings. The van der Waals surface area contributed by atoms with E-state index in [1.165, 1.54) is 0 Å². The third-order valence-corrected chi connectivity index (χ3v) is 2.19. The van der Waals surface area contributed by atoms with Crippen LogP contribution in [0, 0.1) is 23.7 Å². The van der Waals surface area contributed by atoms with E-state index in [0.717, 1.165) is 11.1 Å². The van der Waals surface area contributed by atoms with Gasteiger partial charge >= 0.3 is 0 Å². The molecule has 0 radical (unpaired) electrons. The van der Waals surface area contributed by atoms with Crippen LogP contribution in [-0.2, 0) is 24.3 Å². The normalized spacial score (nSPS) is 8.00. The smallest absolute Gasteiger partial charge is 0.270 e. The third-order valence-electron chi connectivity index (χ3n) is 2.19. The first-order chi connectivity index (χ1) is 8.84. The summed E-state index contributed by atoms with van der Waals surface area (Å²) in [5.41, 5.74) is 1.62. The molecule has 0 aromatic heterocycles. The molecule has 0 saturated heterocycles. The summed E-state index contributed by atoms with van der Waals surface area (Å²) in [7, 11) is 0. The zero-order valence-electron chi connectivity index (χ0n) is 10.0. The third kappa shape index (κ3) is 5.35. The first-order valence-corrected chi connectivity index (χ1v) is 5.53. The van der Waals surface area contributed by atoms with Crippen molar-refractivity contribution >= 4 is 5.78 Å². The maximum atomic E-state index is 11.4. The van der Waals surface area contributed by atoms with Gasteiger partial charge in [-0.05, 0) is 36.1 Å². The van der Waals surface area contributed by atoms with Crippen LogP contribution >= 0.6 is 0 Å². The van der Waals surface area contributed by atoms with Crippen LogP contribution in [0.15, 0.2) is 60.7 Å². The van der Waals surface area contributed by atoms with Crippen molar-refractivity contribution in [2.24, 2.45) is 0 Å². The van der Waals surface area contributed by atoms with E-state index in [1.54, 1.807) is 0 Å². The fraction of sp³-hybridized carbons (Fsp3) is 0. The van der Waals surface area contributed by atoms with Gasteiger partial charge < -0.3 is 0 Å². The molecule has 0 saturated carbocycles. The Balaban J connectivity index is 0.00000180. The molecule has 0 heterocycles. The van der Waals surface area contributed by atoms with Crippen LogP contribution in [0.5, 0.6) is 0 Å². The minimum Gasteiger partial charge on any atom is -0.270 e. The molecule has 0 N–H and O–H groups in total. The van der Waals surface area contributed by atoms with Gasteiger partial charge in [-0.15, -0.1) is 0 Å². The molecule has 2 heteroatoms. The van der Waals surface area contributed by atoms with E-state index >= 15 is 0 Å². The number of benzene rings is 2. The van der Waals surface area contributed by atoms with Crippen molar-refractivity contribution in [3.8, 4) is 23.7 Å². The Hall–Kier alpha value is -2.15. The Morgan fingerprint density at radius 1 is 0.684 bits per heavy atom. The van der Waals surface area contributed by atoms with Crippen molar-refractivity contribution in [1.82, 2.24) is 0 Å². The minimum atomic E-state index is -0.372. The molecular formula is C17H10ORu. The summed E-state index contributed by atoms with van der Waals surface area (Å²) in [5, 5.41) is 0. The molecule has 0 spiro atoms. The van der Waals surface area contributed by atoms with Crippen molar-refractivity contribution in [2.45, 2.75) is 0 Å². The van der Waals surface area contributed by atoms with Gasteiger partial charge in [0, 0.05) is 30.6 Å². The van der Waals surface area contributed by atoms with Gasteiger partial charge in [0.2, 0.25) is 0 Å². The Morgan fingerprint density at radius 2 is 1.05 bits per heavy atom. The van der Waals surface area contributed by atoms with Crippen LogP contribution in [0.25, 0.3) is 0 Å². The van der Waals surface area contributed by atoms with Crippen molar-refractivity contribution in [1.29, 1.82) is 0 Å². The number of carbonyl (C=O) groups excluding carboxylic acids is 1. The Bertz CT molecular complexity index is 593.